The zero-order chi connectivity index (χ0) is 11.1. The van der Waals surface area contributed by atoms with E-state index in [4.69, 9.17) is 4.43 Å². The van der Waals surface area contributed by atoms with Crippen LogP contribution in [0.3, 0.4) is 0 Å². The molecule has 1 aliphatic rings. The highest BCUT2D eigenvalue weighted by atomic mass is 28.4. The molecule has 0 saturated carbocycles. The largest absolute Gasteiger partial charge is 0.544 e. The van der Waals surface area contributed by atoms with Crippen LogP contribution >= 0.6 is 0 Å². The maximum Gasteiger partial charge on any atom is 0.242 e. The fraction of sp³-hybridized carbons (Fsp3) is 0.500. The fourth-order valence-corrected chi connectivity index (χ4v) is 2.88. The molecule has 0 fully saturated rings. The quantitative estimate of drug-likeness (QED) is 0.780. The van der Waals surface area contributed by atoms with Gasteiger partial charge in [0.05, 0.1) is 6.10 Å². The smallest absolute Gasteiger partial charge is 0.242 e. The summed E-state index contributed by atoms with van der Waals surface area (Å²) in [6.07, 6.45) is 1.49. The minimum absolute atomic E-state index is 0.287. The van der Waals surface area contributed by atoms with Gasteiger partial charge in [0.25, 0.3) is 0 Å². The van der Waals surface area contributed by atoms with E-state index in [9.17, 15) is 5.11 Å². The first kappa shape index (κ1) is 10.7. The van der Waals surface area contributed by atoms with Crippen molar-refractivity contribution in [3.63, 3.8) is 0 Å². The van der Waals surface area contributed by atoms with Gasteiger partial charge in [-0.3, -0.25) is 0 Å². The lowest BCUT2D eigenvalue weighted by Gasteiger charge is -2.21. The SMILES string of the molecule is C[Si](C)(C)Oc1cccc2c1CC[C@@H]2O. The molecule has 2 rings (SSSR count). The van der Waals surface area contributed by atoms with Gasteiger partial charge >= 0.3 is 0 Å². The lowest BCUT2D eigenvalue weighted by molar-refractivity contribution is 0.180. The average molecular weight is 222 g/mol. The van der Waals surface area contributed by atoms with Crippen molar-refractivity contribution in [2.24, 2.45) is 0 Å². The van der Waals surface area contributed by atoms with E-state index in [1.807, 2.05) is 18.2 Å². The highest BCUT2D eigenvalue weighted by molar-refractivity contribution is 6.70. The maximum absolute atomic E-state index is 9.76. The van der Waals surface area contributed by atoms with Crippen LogP contribution in [0.15, 0.2) is 18.2 Å². The Kier molecular flexibility index (Phi) is 2.60. The van der Waals surface area contributed by atoms with E-state index in [1.54, 1.807) is 0 Å². The molecular weight excluding hydrogens is 204 g/mol. The van der Waals surface area contributed by atoms with Crippen LogP contribution < -0.4 is 4.43 Å². The third-order valence-corrected chi connectivity index (χ3v) is 3.44. The Hall–Kier alpha value is -0.803. The van der Waals surface area contributed by atoms with E-state index in [-0.39, 0.29) is 6.10 Å². The monoisotopic (exact) mass is 222 g/mol. The molecule has 0 radical (unpaired) electrons. The van der Waals surface area contributed by atoms with Gasteiger partial charge in [0.1, 0.15) is 5.75 Å². The zero-order valence-corrected chi connectivity index (χ0v) is 10.6. The maximum atomic E-state index is 9.76. The molecule has 1 aromatic carbocycles. The predicted molar refractivity (Wildman–Crippen MR) is 63.7 cm³/mol. The predicted octanol–water partition coefficient (Wildman–Crippen LogP) is 2.88. The third kappa shape index (κ3) is 2.24. The molecule has 3 heteroatoms. The number of hydrogen-bond acceptors (Lipinski definition) is 2. The molecule has 0 heterocycles. The first-order chi connectivity index (χ1) is 6.97. The molecule has 0 aliphatic heterocycles. The van der Waals surface area contributed by atoms with Crippen LogP contribution in [0.25, 0.3) is 0 Å². The standard InChI is InChI=1S/C12H18O2Si/c1-15(2,3)14-12-6-4-5-9-10(12)7-8-11(9)13/h4-6,11,13H,7-8H2,1-3H3/t11-/m0/s1. The van der Waals surface area contributed by atoms with Crippen molar-refractivity contribution < 1.29 is 9.53 Å². The number of rotatable bonds is 2. The Morgan fingerprint density at radius 2 is 2.07 bits per heavy atom. The van der Waals surface area contributed by atoms with Gasteiger partial charge in [0, 0.05) is 0 Å². The van der Waals surface area contributed by atoms with Crippen LogP contribution in [-0.4, -0.2) is 13.4 Å². The lowest BCUT2D eigenvalue weighted by Crippen LogP contribution is -2.29. The Bertz CT molecular complexity index is 368. The summed E-state index contributed by atoms with van der Waals surface area (Å²) in [5.74, 6) is 0.989. The van der Waals surface area contributed by atoms with E-state index in [0.717, 1.165) is 24.2 Å². The van der Waals surface area contributed by atoms with Crippen LogP contribution in [-0.2, 0) is 6.42 Å². The van der Waals surface area contributed by atoms with Gasteiger partial charge in [-0.15, -0.1) is 0 Å². The topological polar surface area (TPSA) is 29.5 Å². The van der Waals surface area contributed by atoms with E-state index in [2.05, 4.69) is 19.6 Å². The van der Waals surface area contributed by atoms with Gasteiger partial charge in [-0.05, 0) is 49.7 Å². The Morgan fingerprint density at radius 1 is 1.33 bits per heavy atom. The van der Waals surface area contributed by atoms with Crippen LogP contribution in [0.5, 0.6) is 5.75 Å². The lowest BCUT2D eigenvalue weighted by atomic mass is 10.1. The molecule has 1 N–H and O–H groups in total. The molecule has 0 aromatic heterocycles. The molecular formula is C12H18O2Si. The van der Waals surface area contributed by atoms with Crippen molar-refractivity contribution in [2.45, 2.75) is 38.6 Å². The number of benzene rings is 1. The van der Waals surface area contributed by atoms with Crippen molar-refractivity contribution in [2.75, 3.05) is 0 Å². The van der Waals surface area contributed by atoms with E-state index < -0.39 is 8.32 Å². The van der Waals surface area contributed by atoms with Crippen molar-refractivity contribution >= 4 is 8.32 Å². The minimum atomic E-state index is -1.54. The number of fused-ring (bicyclic) bond motifs is 1. The average Bonchev–Trinajstić information content (AvgIpc) is 2.47. The van der Waals surface area contributed by atoms with Crippen molar-refractivity contribution in [1.82, 2.24) is 0 Å². The fourth-order valence-electron chi connectivity index (χ4n) is 2.02. The van der Waals surface area contributed by atoms with Gasteiger partial charge in [0.15, 0.2) is 0 Å². The molecule has 1 aliphatic carbocycles. The van der Waals surface area contributed by atoms with Gasteiger partial charge in [-0.25, -0.2) is 0 Å². The minimum Gasteiger partial charge on any atom is -0.544 e. The third-order valence-electron chi connectivity index (χ3n) is 2.61. The molecule has 2 nitrogen and oxygen atoms in total. The first-order valence-electron chi connectivity index (χ1n) is 5.46. The van der Waals surface area contributed by atoms with Gasteiger partial charge in [0.2, 0.25) is 8.32 Å². The summed E-state index contributed by atoms with van der Waals surface area (Å²) in [4.78, 5) is 0. The van der Waals surface area contributed by atoms with E-state index in [1.165, 1.54) is 5.56 Å². The Morgan fingerprint density at radius 3 is 2.73 bits per heavy atom. The number of aliphatic hydroxyl groups excluding tert-OH is 1. The second kappa shape index (κ2) is 3.65. The molecule has 82 valence electrons. The van der Waals surface area contributed by atoms with Gasteiger partial charge in [-0.1, -0.05) is 12.1 Å². The van der Waals surface area contributed by atoms with Crippen molar-refractivity contribution in [1.29, 1.82) is 0 Å². The van der Waals surface area contributed by atoms with E-state index in [0.29, 0.717) is 0 Å². The summed E-state index contributed by atoms with van der Waals surface area (Å²) >= 11 is 0. The Labute approximate surface area is 92.0 Å². The second-order valence-corrected chi connectivity index (χ2v) is 9.52. The molecule has 1 atom stereocenters. The van der Waals surface area contributed by atoms with Crippen molar-refractivity contribution in [3.8, 4) is 5.75 Å². The number of aliphatic hydroxyl groups is 1. The first-order valence-corrected chi connectivity index (χ1v) is 8.87. The molecule has 0 bridgehead atoms. The summed E-state index contributed by atoms with van der Waals surface area (Å²) in [6, 6.07) is 6.00. The zero-order valence-electron chi connectivity index (χ0n) is 9.58. The number of hydrogen-bond donors (Lipinski definition) is 1. The van der Waals surface area contributed by atoms with Crippen molar-refractivity contribution in [3.05, 3.63) is 29.3 Å². The summed E-state index contributed by atoms with van der Waals surface area (Å²) in [6.45, 7) is 6.54. The van der Waals surface area contributed by atoms with Crippen LogP contribution in [0.1, 0.15) is 23.7 Å². The summed E-state index contributed by atoms with van der Waals surface area (Å²) in [5, 5.41) is 9.76. The summed E-state index contributed by atoms with van der Waals surface area (Å²) in [5.41, 5.74) is 2.28. The molecule has 1 aromatic rings. The highest BCUT2D eigenvalue weighted by Crippen LogP contribution is 2.37. The normalized spacial score (nSPS) is 20.1. The molecule has 0 amide bonds. The highest BCUT2D eigenvalue weighted by Gasteiger charge is 2.25. The Balaban J connectivity index is 2.34. The van der Waals surface area contributed by atoms with Gasteiger partial charge < -0.3 is 9.53 Å². The molecule has 15 heavy (non-hydrogen) atoms. The summed E-state index contributed by atoms with van der Waals surface area (Å²) in [7, 11) is -1.54. The van der Waals surface area contributed by atoms with Gasteiger partial charge in [-0.2, -0.15) is 0 Å². The molecule has 0 unspecified atom stereocenters. The summed E-state index contributed by atoms with van der Waals surface area (Å²) < 4.78 is 6.02. The van der Waals surface area contributed by atoms with Crippen LogP contribution in [0.4, 0.5) is 0 Å². The second-order valence-electron chi connectivity index (χ2n) is 5.09. The molecule has 0 saturated heterocycles. The van der Waals surface area contributed by atoms with Crippen LogP contribution in [0, 0.1) is 0 Å². The van der Waals surface area contributed by atoms with E-state index >= 15 is 0 Å². The van der Waals surface area contributed by atoms with Crippen LogP contribution in [0.2, 0.25) is 19.6 Å². The molecule has 0 spiro atoms.